The zero-order valence-corrected chi connectivity index (χ0v) is 14.6. The lowest BCUT2D eigenvalue weighted by atomic mass is 9.87. The van der Waals surface area contributed by atoms with Crippen molar-refractivity contribution in [2.24, 2.45) is 5.10 Å². The molecule has 0 bridgehead atoms. The first-order chi connectivity index (χ1) is 10.8. The van der Waals surface area contributed by atoms with Crippen LogP contribution in [-0.4, -0.2) is 11.6 Å². The zero-order valence-electron chi connectivity index (χ0n) is 13.9. The van der Waals surface area contributed by atoms with E-state index in [1.54, 1.807) is 6.07 Å². The molecule has 0 aliphatic rings. The number of hydrogen-bond acceptors (Lipinski definition) is 2. The number of amides is 1. The summed E-state index contributed by atoms with van der Waals surface area (Å²) in [6.07, 6.45) is 0. The fourth-order valence-corrected chi connectivity index (χ4v) is 2.41. The molecule has 3 nitrogen and oxygen atoms in total. The average molecular weight is 329 g/mol. The minimum absolute atomic E-state index is 0.0633. The van der Waals surface area contributed by atoms with Gasteiger partial charge in [0.15, 0.2) is 0 Å². The minimum Gasteiger partial charge on any atom is -0.267 e. The molecule has 2 rings (SSSR count). The summed E-state index contributed by atoms with van der Waals surface area (Å²) < 4.78 is 0. The largest absolute Gasteiger partial charge is 0.271 e. The number of nitrogens with zero attached hydrogens (tertiary/aromatic N) is 1. The van der Waals surface area contributed by atoms with E-state index in [0.29, 0.717) is 16.3 Å². The first kappa shape index (κ1) is 17.2. The second-order valence-corrected chi connectivity index (χ2v) is 6.85. The maximum atomic E-state index is 12.2. The van der Waals surface area contributed by atoms with E-state index in [-0.39, 0.29) is 11.3 Å². The van der Waals surface area contributed by atoms with Gasteiger partial charge in [0.2, 0.25) is 0 Å². The van der Waals surface area contributed by atoms with Gasteiger partial charge in [0.1, 0.15) is 0 Å². The molecule has 120 valence electrons. The van der Waals surface area contributed by atoms with Crippen molar-refractivity contribution < 1.29 is 4.79 Å². The molecule has 0 aliphatic carbocycles. The number of hydrogen-bond donors (Lipinski definition) is 1. The fraction of sp³-hybridized carbons (Fsp3) is 0.263. The summed E-state index contributed by atoms with van der Waals surface area (Å²) in [4.78, 5) is 12.2. The molecular weight excluding hydrogens is 308 g/mol. The van der Waals surface area contributed by atoms with Gasteiger partial charge in [-0.15, -0.1) is 0 Å². The SMILES string of the molecule is C/C(=N\NC(=O)c1ccc(C(C)(C)C)cc1)c1ccccc1Cl. The molecule has 2 aromatic rings. The summed E-state index contributed by atoms with van der Waals surface area (Å²) in [7, 11) is 0. The lowest BCUT2D eigenvalue weighted by Gasteiger charge is -2.18. The second-order valence-electron chi connectivity index (χ2n) is 6.45. The van der Waals surface area contributed by atoms with Gasteiger partial charge in [-0.25, -0.2) is 5.43 Å². The van der Waals surface area contributed by atoms with Crippen LogP contribution in [0.1, 0.15) is 49.2 Å². The zero-order chi connectivity index (χ0) is 17.0. The van der Waals surface area contributed by atoms with Gasteiger partial charge < -0.3 is 0 Å². The van der Waals surface area contributed by atoms with Gasteiger partial charge in [0.05, 0.1) is 5.71 Å². The molecule has 23 heavy (non-hydrogen) atoms. The topological polar surface area (TPSA) is 41.5 Å². The van der Waals surface area contributed by atoms with Crippen molar-refractivity contribution in [1.29, 1.82) is 0 Å². The lowest BCUT2D eigenvalue weighted by molar-refractivity contribution is 0.0955. The first-order valence-electron chi connectivity index (χ1n) is 7.49. The molecule has 0 radical (unpaired) electrons. The minimum atomic E-state index is -0.239. The third kappa shape index (κ3) is 4.42. The van der Waals surface area contributed by atoms with E-state index < -0.39 is 0 Å². The molecule has 0 saturated heterocycles. The Morgan fingerprint density at radius 3 is 2.22 bits per heavy atom. The van der Waals surface area contributed by atoms with E-state index >= 15 is 0 Å². The number of hydrazone groups is 1. The van der Waals surface area contributed by atoms with Crippen LogP contribution in [0.15, 0.2) is 53.6 Å². The molecule has 0 spiro atoms. The van der Waals surface area contributed by atoms with Crippen molar-refractivity contribution >= 4 is 23.2 Å². The molecule has 0 aromatic heterocycles. The normalized spacial score (nSPS) is 12.1. The van der Waals surface area contributed by atoms with Crippen LogP contribution < -0.4 is 5.43 Å². The van der Waals surface area contributed by atoms with E-state index in [0.717, 1.165) is 5.56 Å². The van der Waals surface area contributed by atoms with Crippen molar-refractivity contribution in [3.05, 3.63) is 70.2 Å². The molecule has 0 heterocycles. The van der Waals surface area contributed by atoms with E-state index in [1.807, 2.05) is 49.4 Å². The van der Waals surface area contributed by atoms with Gasteiger partial charge in [0, 0.05) is 16.1 Å². The molecule has 1 amide bonds. The highest BCUT2D eigenvalue weighted by molar-refractivity contribution is 6.34. The van der Waals surface area contributed by atoms with Gasteiger partial charge >= 0.3 is 0 Å². The van der Waals surface area contributed by atoms with Crippen molar-refractivity contribution in [3.8, 4) is 0 Å². The predicted molar refractivity (Wildman–Crippen MR) is 96.3 cm³/mol. The predicted octanol–water partition coefficient (Wildman–Crippen LogP) is 4.79. The summed E-state index contributed by atoms with van der Waals surface area (Å²) >= 11 is 6.12. The maximum Gasteiger partial charge on any atom is 0.271 e. The number of carbonyl (C=O) groups excluding carboxylic acids is 1. The Balaban J connectivity index is 2.10. The van der Waals surface area contributed by atoms with Gasteiger partial charge in [-0.1, -0.05) is 62.7 Å². The Morgan fingerprint density at radius 2 is 1.65 bits per heavy atom. The van der Waals surface area contributed by atoms with E-state index in [1.165, 1.54) is 5.56 Å². The number of halogens is 1. The highest BCUT2D eigenvalue weighted by Crippen LogP contribution is 2.22. The number of rotatable bonds is 3. The number of nitrogens with one attached hydrogen (secondary N) is 1. The number of benzene rings is 2. The molecule has 1 N–H and O–H groups in total. The second kappa shape index (κ2) is 6.97. The van der Waals surface area contributed by atoms with Gasteiger partial charge in [-0.05, 0) is 36.1 Å². The quantitative estimate of drug-likeness (QED) is 0.638. The standard InChI is InChI=1S/C19H21ClN2O/c1-13(16-7-5-6-8-17(16)20)21-22-18(23)14-9-11-15(12-10-14)19(2,3)4/h5-12H,1-4H3,(H,22,23)/b21-13+. The van der Waals surface area contributed by atoms with Crippen LogP contribution in [0.25, 0.3) is 0 Å². The maximum absolute atomic E-state index is 12.2. The lowest BCUT2D eigenvalue weighted by Crippen LogP contribution is -2.20. The van der Waals surface area contributed by atoms with E-state index in [2.05, 4.69) is 31.3 Å². The third-order valence-electron chi connectivity index (χ3n) is 3.60. The van der Waals surface area contributed by atoms with Crippen molar-refractivity contribution in [2.45, 2.75) is 33.1 Å². The van der Waals surface area contributed by atoms with Crippen LogP contribution in [0.2, 0.25) is 5.02 Å². The Kier molecular flexibility index (Phi) is 5.22. The van der Waals surface area contributed by atoms with Crippen LogP contribution in [0.4, 0.5) is 0 Å². The van der Waals surface area contributed by atoms with Gasteiger partial charge in [0.25, 0.3) is 5.91 Å². The average Bonchev–Trinajstić information content (AvgIpc) is 2.52. The van der Waals surface area contributed by atoms with Crippen LogP contribution in [-0.2, 0) is 5.41 Å². The van der Waals surface area contributed by atoms with E-state index in [9.17, 15) is 4.79 Å². The van der Waals surface area contributed by atoms with E-state index in [4.69, 9.17) is 11.6 Å². The fourth-order valence-electron chi connectivity index (χ4n) is 2.14. The molecule has 2 aromatic carbocycles. The summed E-state index contributed by atoms with van der Waals surface area (Å²) in [6, 6.07) is 15.0. The Labute approximate surface area is 142 Å². The van der Waals surface area contributed by atoms with Gasteiger partial charge in [-0.2, -0.15) is 5.10 Å². The Bertz CT molecular complexity index is 728. The Hall–Kier alpha value is -2.13. The van der Waals surface area contributed by atoms with Crippen LogP contribution in [0.3, 0.4) is 0 Å². The van der Waals surface area contributed by atoms with Crippen LogP contribution in [0, 0.1) is 0 Å². The van der Waals surface area contributed by atoms with Crippen LogP contribution in [0.5, 0.6) is 0 Å². The Morgan fingerprint density at radius 1 is 1.04 bits per heavy atom. The molecule has 4 heteroatoms. The third-order valence-corrected chi connectivity index (χ3v) is 3.93. The highest BCUT2D eigenvalue weighted by atomic mass is 35.5. The summed E-state index contributed by atoms with van der Waals surface area (Å²) in [5, 5.41) is 4.74. The van der Waals surface area contributed by atoms with Crippen molar-refractivity contribution in [1.82, 2.24) is 5.43 Å². The molecule has 0 aliphatic heterocycles. The van der Waals surface area contributed by atoms with Crippen molar-refractivity contribution in [3.63, 3.8) is 0 Å². The molecular formula is C19H21ClN2O. The smallest absolute Gasteiger partial charge is 0.267 e. The first-order valence-corrected chi connectivity index (χ1v) is 7.87. The highest BCUT2D eigenvalue weighted by Gasteiger charge is 2.14. The van der Waals surface area contributed by atoms with Crippen molar-refractivity contribution in [2.75, 3.05) is 0 Å². The molecule has 0 unspecified atom stereocenters. The summed E-state index contributed by atoms with van der Waals surface area (Å²) in [6.45, 7) is 8.22. The van der Waals surface area contributed by atoms with Crippen LogP contribution >= 0.6 is 11.6 Å². The molecule has 0 fully saturated rings. The summed E-state index contributed by atoms with van der Waals surface area (Å²) in [5.74, 6) is -0.239. The molecule has 0 atom stereocenters. The summed E-state index contributed by atoms with van der Waals surface area (Å²) in [5.41, 5.74) is 5.86. The number of carbonyl (C=O) groups is 1. The molecule has 0 saturated carbocycles. The van der Waals surface area contributed by atoms with Gasteiger partial charge in [-0.3, -0.25) is 4.79 Å². The monoisotopic (exact) mass is 328 g/mol.